The Morgan fingerprint density at radius 1 is 1.15 bits per heavy atom. The molecule has 2 aromatic carbocycles. The fourth-order valence-corrected chi connectivity index (χ4v) is 4.97. The van der Waals surface area contributed by atoms with Crippen molar-refractivity contribution in [3.05, 3.63) is 88.6 Å². The molecule has 0 spiro atoms. The molecule has 0 radical (unpaired) electrons. The summed E-state index contributed by atoms with van der Waals surface area (Å²) in [4.78, 5) is 6.90. The number of aromatic nitrogens is 1. The van der Waals surface area contributed by atoms with Crippen LogP contribution in [0.3, 0.4) is 0 Å². The van der Waals surface area contributed by atoms with Gasteiger partial charge in [0, 0.05) is 48.4 Å². The van der Waals surface area contributed by atoms with Gasteiger partial charge in [0.2, 0.25) is 5.88 Å². The molecule has 5 rings (SSSR count). The van der Waals surface area contributed by atoms with E-state index in [1.165, 1.54) is 5.57 Å². The van der Waals surface area contributed by atoms with Crippen molar-refractivity contribution in [3.63, 3.8) is 0 Å². The van der Waals surface area contributed by atoms with E-state index in [2.05, 4.69) is 22.0 Å². The van der Waals surface area contributed by atoms with Gasteiger partial charge >= 0.3 is 0 Å². The lowest BCUT2D eigenvalue weighted by atomic mass is 9.84. The molecule has 1 fully saturated rings. The maximum atomic E-state index is 11.1. The van der Waals surface area contributed by atoms with Gasteiger partial charge in [-0.05, 0) is 72.9 Å². The van der Waals surface area contributed by atoms with Crippen molar-refractivity contribution in [2.75, 3.05) is 26.7 Å². The van der Waals surface area contributed by atoms with Gasteiger partial charge in [-0.15, -0.1) is 0 Å². The number of rotatable bonds is 5. The number of ether oxygens (including phenoxy) is 2. The molecule has 0 amide bonds. The fraction of sp³-hybridized carbons (Fsp3) is 0.321. The van der Waals surface area contributed by atoms with E-state index in [1.54, 1.807) is 13.3 Å². The summed E-state index contributed by atoms with van der Waals surface area (Å²) in [5.41, 5.74) is 3.52. The molecule has 34 heavy (non-hydrogen) atoms. The van der Waals surface area contributed by atoms with Crippen molar-refractivity contribution in [1.29, 1.82) is 0 Å². The van der Waals surface area contributed by atoms with E-state index in [1.807, 2.05) is 48.5 Å². The van der Waals surface area contributed by atoms with E-state index in [9.17, 15) is 5.11 Å². The predicted molar refractivity (Wildman–Crippen MR) is 135 cm³/mol. The Morgan fingerprint density at radius 3 is 2.71 bits per heavy atom. The Hall–Kier alpha value is -2.86. The Balaban J connectivity index is 1.27. The smallest absolute Gasteiger partial charge is 0.226 e. The second-order valence-corrected chi connectivity index (χ2v) is 9.44. The Bertz CT molecular complexity index is 1180. The highest BCUT2D eigenvalue weighted by Crippen LogP contribution is 2.39. The quantitative estimate of drug-likeness (QED) is 0.500. The molecular weight excluding hydrogens is 448 g/mol. The van der Waals surface area contributed by atoms with Crippen molar-refractivity contribution >= 4 is 17.2 Å². The van der Waals surface area contributed by atoms with Crippen LogP contribution in [0.5, 0.6) is 17.4 Å². The van der Waals surface area contributed by atoms with Crippen LogP contribution in [0, 0.1) is 0 Å². The SMILES string of the molecule is COc1ccc2c(c1)C/C(=C/CCN1CCC(O)(c3ccc(Cl)cc3)CC1)c1cccnc1O2. The number of fused-ring (bicyclic) bond motifs is 2. The van der Waals surface area contributed by atoms with Crippen LogP contribution >= 0.6 is 11.6 Å². The first-order chi connectivity index (χ1) is 16.5. The second-order valence-electron chi connectivity index (χ2n) is 9.01. The van der Waals surface area contributed by atoms with Crippen LogP contribution in [-0.2, 0) is 12.0 Å². The van der Waals surface area contributed by atoms with Crippen LogP contribution in [0.4, 0.5) is 0 Å². The minimum absolute atomic E-state index is 0.642. The number of aliphatic hydroxyl groups is 1. The average molecular weight is 477 g/mol. The molecule has 6 heteroatoms. The van der Waals surface area contributed by atoms with Crippen molar-refractivity contribution < 1.29 is 14.6 Å². The van der Waals surface area contributed by atoms with Gasteiger partial charge in [0.1, 0.15) is 11.5 Å². The zero-order valence-corrected chi connectivity index (χ0v) is 20.1. The minimum atomic E-state index is -0.772. The largest absolute Gasteiger partial charge is 0.497 e. The highest BCUT2D eigenvalue weighted by atomic mass is 35.5. The number of piperidine rings is 1. The molecule has 0 saturated carbocycles. The van der Waals surface area contributed by atoms with Gasteiger partial charge in [0.05, 0.1) is 12.7 Å². The van der Waals surface area contributed by atoms with Gasteiger partial charge < -0.3 is 19.5 Å². The molecule has 1 N–H and O–H groups in total. The molecular formula is C28H29ClN2O3. The van der Waals surface area contributed by atoms with Crippen LogP contribution in [0.15, 0.2) is 66.9 Å². The van der Waals surface area contributed by atoms with Crippen LogP contribution in [0.1, 0.15) is 36.0 Å². The standard InChI is InChI=1S/C28H29ClN2O3/c1-33-24-10-11-26-21(19-24)18-20(25-5-2-14-30-27(25)34-26)4-3-15-31-16-12-28(32,13-17-31)22-6-8-23(29)9-7-22/h2,4-11,14,19,32H,3,12-13,15-18H2,1H3/b20-4-. The van der Waals surface area contributed by atoms with E-state index >= 15 is 0 Å². The van der Waals surface area contributed by atoms with Gasteiger partial charge in [0.15, 0.2) is 0 Å². The molecule has 2 aliphatic heterocycles. The first kappa shape index (κ1) is 22.9. The van der Waals surface area contributed by atoms with Crippen LogP contribution in [0.2, 0.25) is 5.02 Å². The molecule has 2 aliphatic rings. The van der Waals surface area contributed by atoms with Crippen molar-refractivity contribution in [2.24, 2.45) is 0 Å². The van der Waals surface area contributed by atoms with Crippen molar-refractivity contribution in [2.45, 2.75) is 31.3 Å². The van der Waals surface area contributed by atoms with E-state index < -0.39 is 5.60 Å². The molecule has 0 atom stereocenters. The number of allylic oxidation sites excluding steroid dienone is 1. The third kappa shape index (κ3) is 4.83. The van der Waals surface area contributed by atoms with Crippen molar-refractivity contribution in [3.8, 4) is 17.4 Å². The number of methoxy groups -OCH3 is 1. The van der Waals surface area contributed by atoms with E-state index in [0.717, 1.165) is 73.5 Å². The zero-order valence-electron chi connectivity index (χ0n) is 19.3. The van der Waals surface area contributed by atoms with Gasteiger partial charge in [-0.2, -0.15) is 0 Å². The topological polar surface area (TPSA) is 54.8 Å². The summed E-state index contributed by atoms with van der Waals surface area (Å²) in [6, 6.07) is 17.5. The molecule has 1 aromatic heterocycles. The first-order valence-corrected chi connectivity index (χ1v) is 12.1. The maximum absolute atomic E-state index is 11.1. The van der Waals surface area contributed by atoms with Gasteiger partial charge in [-0.25, -0.2) is 4.98 Å². The summed E-state index contributed by atoms with van der Waals surface area (Å²) >= 11 is 6.01. The maximum Gasteiger partial charge on any atom is 0.226 e. The monoisotopic (exact) mass is 476 g/mol. The van der Waals surface area contributed by atoms with Gasteiger partial charge in [-0.3, -0.25) is 0 Å². The molecule has 5 nitrogen and oxygen atoms in total. The van der Waals surface area contributed by atoms with E-state index in [-0.39, 0.29) is 0 Å². The first-order valence-electron chi connectivity index (χ1n) is 11.7. The average Bonchev–Trinajstić information content (AvgIpc) is 3.01. The zero-order chi connectivity index (χ0) is 23.5. The molecule has 3 aromatic rings. The number of benzene rings is 2. The lowest BCUT2D eigenvalue weighted by molar-refractivity contribution is -0.0254. The van der Waals surface area contributed by atoms with E-state index in [0.29, 0.717) is 10.9 Å². The number of hydrogen-bond donors (Lipinski definition) is 1. The summed E-state index contributed by atoms with van der Waals surface area (Å²) in [6.07, 6.45) is 7.20. The Morgan fingerprint density at radius 2 is 1.94 bits per heavy atom. The van der Waals surface area contributed by atoms with Gasteiger partial charge in [-0.1, -0.05) is 29.8 Å². The normalized spacial score (nSPS) is 18.5. The molecule has 0 bridgehead atoms. The highest BCUT2D eigenvalue weighted by Gasteiger charge is 2.33. The van der Waals surface area contributed by atoms with Crippen LogP contribution in [-0.4, -0.2) is 41.7 Å². The van der Waals surface area contributed by atoms with Gasteiger partial charge in [0.25, 0.3) is 0 Å². The second kappa shape index (κ2) is 9.79. The lowest BCUT2D eigenvalue weighted by Gasteiger charge is -2.38. The lowest BCUT2D eigenvalue weighted by Crippen LogP contribution is -2.42. The predicted octanol–water partition coefficient (Wildman–Crippen LogP) is 5.85. The number of nitrogens with zero attached hydrogens (tertiary/aromatic N) is 2. The molecule has 0 unspecified atom stereocenters. The summed E-state index contributed by atoms with van der Waals surface area (Å²) in [5, 5.41) is 11.8. The van der Waals surface area contributed by atoms with Crippen LogP contribution < -0.4 is 9.47 Å². The van der Waals surface area contributed by atoms with E-state index in [4.69, 9.17) is 21.1 Å². The number of likely N-dealkylation sites (tertiary alicyclic amines) is 1. The molecule has 176 valence electrons. The number of hydrogen-bond acceptors (Lipinski definition) is 5. The van der Waals surface area contributed by atoms with Crippen molar-refractivity contribution in [1.82, 2.24) is 9.88 Å². The third-order valence-corrected chi connectivity index (χ3v) is 7.13. The summed E-state index contributed by atoms with van der Waals surface area (Å²) < 4.78 is 11.6. The Labute approximate surface area is 205 Å². The highest BCUT2D eigenvalue weighted by molar-refractivity contribution is 6.30. The molecule has 3 heterocycles. The third-order valence-electron chi connectivity index (χ3n) is 6.87. The minimum Gasteiger partial charge on any atom is -0.497 e. The molecule has 0 aliphatic carbocycles. The summed E-state index contributed by atoms with van der Waals surface area (Å²) in [5.74, 6) is 2.28. The van der Waals surface area contributed by atoms with Crippen LogP contribution in [0.25, 0.3) is 5.57 Å². The fourth-order valence-electron chi connectivity index (χ4n) is 4.84. The summed E-state index contributed by atoms with van der Waals surface area (Å²) in [6.45, 7) is 2.68. The number of halogens is 1. The summed E-state index contributed by atoms with van der Waals surface area (Å²) in [7, 11) is 1.68. The Kier molecular flexibility index (Phi) is 6.59. The molecule has 1 saturated heterocycles. The number of pyridine rings is 1.